The van der Waals surface area contributed by atoms with Gasteiger partial charge in [-0.05, 0) is 61.0 Å². The number of aryl methyl sites for hydroxylation is 1. The lowest BCUT2D eigenvalue weighted by molar-refractivity contribution is -0.121. The number of anilines is 1. The molecule has 0 bridgehead atoms. The topological polar surface area (TPSA) is 111 Å². The van der Waals surface area contributed by atoms with Crippen molar-refractivity contribution < 1.29 is 32.7 Å². The van der Waals surface area contributed by atoms with Crippen molar-refractivity contribution in [3.63, 3.8) is 0 Å². The maximum atomic E-state index is 12.8. The number of carbonyl (C=O) groups excluding carboxylic acids is 3. The third kappa shape index (κ3) is 5.40. The number of nitrogens with one attached hydrogen (secondary N) is 1. The van der Waals surface area contributed by atoms with Gasteiger partial charge in [0.25, 0.3) is 11.8 Å². The highest BCUT2D eigenvalue weighted by Gasteiger charge is 2.28. The molecule has 2 amide bonds. The molecule has 0 saturated heterocycles. The van der Waals surface area contributed by atoms with E-state index in [0.29, 0.717) is 34.3 Å². The van der Waals surface area contributed by atoms with E-state index < -0.39 is 5.91 Å². The van der Waals surface area contributed by atoms with Gasteiger partial charge in [0.1, 0.15) is 23.0 Å². The first-order valence-corrected chi connectivity index (χ1v) is 11.7. The molecule has 37 heavy (non-hydrogen) atoms. The zero-order valence-corrected chi connectivity index (χ0v) is 20.1. The van der Waals surface area contributed by atoms with Crippen LogP contribution in [-0.4, -0.2) is 30.8 Å². The first-order valence-electron chi connectivity index (χ1n) is 11.7. The van der Waals surface area contributed by atoms with Crippen molar-refractivity contribution in [2.45, 2.75) is 20.0 Å². The Kier molecular flexibility index (Phi) is 6.76. The summed E-state index contributed by atoms with van der Waals surface area (Å²) in [6, 6.07) is 19.0. The highest BCUT2D eigenvalue weighted by atomic mass is 16.5. The lowest BCUT2D eigenvalue weighted by atomic mass is 10.1. The predicted octanol–water partition coefficient (Wildman–Crippen LogP) is 4.30. The summed E-state index contributed by atoms with van der Waals surface area (Å²) in [5.41, 5.74) is 1.75. The minimum Gasteiger partial charge on any atom is -0.485 e. The van der Waals surface area contributed by atoms with Crippen molar-refractivity contribution >= 4 is 23.3 Å². The summed E-state index contributed by atoms with van der Waals surface area (Å²) in [5.74, 6) is 1.30. The number of rotatable bonds is 9. The molecule has 1 N–H and O–H groups in total. The fraction of sp³-hybridized carbons (Fsp3) is 0.179. The number of carbonyl (C=O) groups is 3. The van der Waals surface area contributed by atoms with Crippen LogP contribution in [0.25, 0.3) is 0 Å². The SMILES string of the molecule is Cc1ccccc1OCC(=O)c1ccc2c(c1)N(Cc1ccc(C(=O)NCc3ccco3)o1)C(=O)CO2. The average molecular weight is 501 g/mol. The maximum Gasteiger partial charge on any atom is 0.287 e. The lowest BCUT2D eigenvalue weighted by Gasteiger charge is -2.29. The Morgan fingerprint density at radius 3 is 2.70 bits per heavy atom. The second-order valence-electron chi connectivity index (χ2n) is 8.46. The van der Waals surface area contributed by atoms with Crippen LogP contribution in [0.4, 0.5) is 5.69 Å². The standard InChI is InChI=1S/C28H24N2O7/c1-18-5-2-3-7-24(18)35-16-23(31)19-8-10-25-22(13-19)30(27(32)17-36-25)15-21-9-11-26(37-21)28(33)29-14-20-6-4-12-34-20/h2-13H,14-17H2,1H3,(H,29,33). The third-order valence-corrected chi connectivity index (χ3v) is 5.88. The Morgan fingerprint density at radius 2 is 1.89 bits per heavy atom. The van der Waals surface area contributed by atoms with Crippen molar-refractivity contribution in [2.24, 2.45) is 0 Å². The molecule has 0 spiro atoms. The van der Waals surface area contributed by atoms with Crippen LogP contribution in [0.3, 0.4) is 0 Å². The second-order valence-corrected chi connectivity index (χ2v) is 8.46. The number of Topliss-reactive ketones (excluding diaryl/α,β-unsaturated/α-hetero) is 1. The summed E-state index contributed by atoms with van der Waals surface area (Å²) >= 11 is 0. The number of ether oxygens (including phenoxy) is 2. The van der Waals surface area contributed by atoms with Gasteiger partial charge in [0.05, 0.1) is 25.0 Å². The van der Waals surface area contributed by atoms with Gasteiger partial charge in [0.2, 0.25) is 0 Å². The number of hydrogen-bond acceptors (Lipinski definition) is 7. The van der Waals surface area contributed by atoms with Crippen molar-refractivity contribution in [3.8, 4) is 11.5 Å². The van der Waals surface area contributed by atoms with Gasteiger partial charge < -0.3 is 23.6 Å². The Balaban J connectivity index is 1.28. The molecule has 1 aliphatic rings. The minimum atomic E-state index is -0.405. The third-order valence-electron chi connectivity index (χ3n) is 5.88. The van der Waals surface area contributed by atoms with Gasteiger partial charge in [-0.3, -0.25) is 19.3 Å². The molecule has 2 aromatic carbocycles. The quantitative estimate of drug-likeness (QED) is 0.341. The van der Waals surface area contributed by atoms with Crippen LogP contribution in [-0.2, 0) is 17.9 Å². The van der Waals surface area contributed by atoms with Gasteiger partial charge in [-0.1, -0.05) is 18.2 Å². The lowest BCUT2D eigenvalue weighted by Crippen LogP contribution is -2.38. The number of furan rings is 2. The summed E-state index contributed by atoms with van der Waals surface area (Å²) in [6.45, 7) is 1.91. The number of fused-ring (bicyclic) bond motifs is 1. The van der Waals surface area contributed by atoms with Gasteiger partial charge >= 0.3 is 0 Å². The zero-order chi connectivity index (χ0) is 25.8. The summed E-state index contributed by atoms with van der Waals surface area (Å²) in [5, 5.41) is 2.71. The largest absolute Gasteiger partial charge is 0.485 e. The summed E-state index contributed by atoms with van der Waals surface area (Å²) < 4.78 is 22.1. The Morgan fingerprint density at radius 1 is 1.03 bits per heavy atom. The van der Waals surface area contributed by atoms with Crippen LogP contribution < -0.4 is 19.7 Å². The molecular formula is C28H24N2O7. The van der Waals surface area contributed by atoms with Crippen LogP contribution in [0.2, 0.25) is 0 Å². The summed E-state index contributed by atoms with van der Waals surface area (Å²) in [4.78, 5) is 39.5. The number of ketones is 1. The first kappa shape index (κ1) is 23.9. The number of benzene rings is 2. The average Bonchev–Trinajstić information content (AvgIpc) is 3.60. The van der Waals surface area contributed by atoms with Gasteiger partial charge in [0, 0.05) is 5.56 Å². The second kappa shape index (κ2) is 10.4. The van der Waals surface area contributed by atoms with Gasteiger partial charge in [-0.25, -0.2) is 0 Å². The molecule has 9 heteroatoms. The zero-order valence-electron chi connectivity index (χ0n) is 20.1. The highest BCUT2D eigenvalue weighted by Crippen LogP contribution is 2.34. The fourth-order valence-corrected chi connectivity index (χ4v) is 3.90. The van der Waals surface area contributed by atoms with Crippen molar-refractivity contribution in [2.75, 3.05) is 18.1 Å². The van der Waals surface area contributed by atoms with Crippen LogP contribution in [0.15, 0.2) is 81.8 Å². The molecule has 1 aliphatic heterocycles. The van der Waals surface area contributed by atoms with E-state index in [4.69, 9.17) is 18.3 Å². The molecule has 0 radical (unpaired) electrons. The van der Waals surface area contributed by atoms with Crippen LogP contribution in [0.1, 0.15) is 38.0 Å². The van der Waals surface area contributed by atoms with Crippen molar-refractivity contribution in [3.05, 3.63) is 101 Å². The van der Waals surface area contributed by atoms with E-state index in [1.807, 2.05) is 25.1 Å². The molecule has 2 aromatic heterocycles. The number of hydrogen-bond donors (Lipinski definition) is 1. The molecule has 188 valence electrons. The van der Waals surface area contributed by atoms with Gasteiger partial charge in [-0.15, -0.1) is 0 Å². The molecule has 0 unspecified atom stereocenters. The van der Waals surface area contributed by atoms with E-state index in [1.165, 1.54) is 11.2 Å². The monoisotopic (exact) mass is 500 g/mol. The van der Waals surface area contributed by atoms with Gasteiger partial charge in [0.15, 0.2) is 24.8 Å². The van der Waals surface area contributed by atoms with Crippen LogP contribution >= 0.6 is 0 Å². The maximum absolute atomic E-state index is 12.8. The molecule has 4 aromatic rings. The molecule has 9 nitrogen and oxygen atoms in total. The summed E-state index contributed by atoms with van der Waals surface area (Å²) in [6.07, 6.45) is 1.53. The van der Waals surface area contributed by atoms with E-state index in [0.717, 1.165) is 5.56 Å². The minimum absolute atomic E-state index is 0.0675. The first-order chi connectivity index (χ1) is 18.0. The van der Waals surface area contributed by atoms with E-state index in [2.05, 4.69) is 5.32 Å². The van der Waals surface area contributed by atoms with Crippen LogP contribution in [0.5, 0.6) is 11.5 Å². The Labute approximate surface area is 212 Å². The van der Waals surface area contributed by atoms with E-state index in [1.54, 1.807) is 48.5 Å². The molecular weight excluding hydrogens is 476 g/mol. The molecule has 0 fully saturated rings. The molecule has 0 saturated carbocycles. The van der Waals surface area contributed by atoms with Crippen molar-refractivity contribution in [1.29, 1.82) is 0 Å². The molecule has 0 aliphatic carbocycles. The molecule has 0 atom stereocenters. The number of nitrogens with zero attached hydrogens (tertiary/aromatic N) is 1. The smallest absolute Gasteiger partial charge is 0.287 e. The highest BCUT2D eigenvalue weighted by molar-refractivity contribution is 6.02. The Bertz CT molecular complexity index is 1440. The van der Waals surface area contributed by atoms with Crippen molar-refractivity contribution in [1.82, 2.24) is 5.32 Å². The van der Waals surface area contributed by atoms with Gasteiger partial charge in [-0.2, -0.15) is 0 Å². The molecule has 3 heterocycles. The normalized spacial score (nSPS) is 12.6. The number of para-hydroxylation sites is 1. The number of amides is 2. The van der Waals surface area contributed by atoms with E-state index in [-0.39, 0.29) is 43.8 Å². The fourth-order valence-electron chi connectivity index (χ4n) is 3.90. The van der Waals surface area contributed by atoms with E-state index in [9.17, 15) is 14.4 Å². The molecule has 5 rings (SSSR count). The van der Waals surface area contributed by atoms with E-state index >= 15 is 0 Å². The Hall–Kier alpha value is -4.79. The predicted molar refractivity (Wildman–Crippen MR) is 133 cm³/mol. The summed E-state index contributed by atoms with van der Waals surface area (Å²) in [7, 11) is 0. The van der Waals surface area contributed by atoms with Crippen LogP contribution in [0, 0.1) is 6.92 Å².